The lowest BCUT2D eigenvalue weighted by atomic mass is 9.98. The molecular weight excluding hydrogens is 262 g/mol. The molecule has 0 aromatic heterocycles. The normalized spacial score (nSPS) is 10.1. The first-order valence-electron chi connectivity index (χ1n) is 5.70. The second kappa shape index (κ2) is 5.40. The predicted molar refractivity (Wildman–Crippen MR) is 72.0 cm³/mol. The average molecular weight is 273 g/mol. The predicted octanol–water partition coefficient (Wildman–Crippen LogP) is 2.97. The summed E-state index contributed by atoms with van der Waals surface area (Å²) in [6, 6.07) is 11.4. The summed E-state index contributed by atoms with van der Waals surface area (Å²) in [5.74, 6) is -1.52. The number of methoxy groups -OCH3 is 1. The van der Waals surface area contributed by atoms with Gasteiger partial charge in [0.15, 0.2) is 0 Å². The lowest BCUT2D eigenvalue weighted by Crippen LogP contribution is -2.06. The van der Waals surface area contributed by atoms with Crippen LogP contribution in [-0.2, 0) is 0 Å². The molecule has 0 heterocycles. The molecule has 1 N–H and O–H groups in total. The number of benzene rings is 2. The SMILES string of the molecule is COc1c([N+](=O)[O-])ccc(-c2ccccc2)c1C(=O)O. The molecule has 0 amide bonds. The van der Waals surface area contributed by atoms with Crippen molar-refractivity contribution in [2.45, 2.75) is 0 Å². The van der Waals surface area contributed by atoms with Gasteiger partial charge < -0.3 is 9.84 Å². The molecule has 2 aromatic rings. The number of nitro groups is 1. The molecule has 102 valence electrons. The van der Waals surface area contributed by atoms with Gasteiger partial charge in [-0.15, -0.1) is 0 Å². The molecule has 0 aliphatic heterocycles. The minimum Gasteiger partial charge on any atom is -0.490 e. The number of carboxylic acid groups (broad SMARTS) is 1. The lowest BCUT2D eigenvalue weighted by Gasteiger charge is -2.11. The Hall–Kier alpha value is -2.89. The molecule has 6 nitrogen and oxygen atoms in total. The van der Waals surface area contributed by atoms with Crippen molar-refractivity contribution < 1.29 is 19.6 Å². The smallest absolute Gasteiger partial charge is 0.340 e. The summed E-state index contributed by atoms with van der Waals surface area (Å²) in [5, 5.41) is 20.3. The topological polar surface area (TPSA) is 89.7 Å². The Morgan fingerprint density at radius 1 is 1.20 bits per heavy atom. The fourth-order valence-corrected chi connectivity index (χ4v) is 1.99. The maximum atomic E-state index is 11.4. The van der Waals surface area contributed by atoms with Crippen molar-refractivity contribution in [2.24, 2.45) is 0 Å². The van der Waals surface area contributed by atoms with Gasteiger partial charge in [0.05, 0.1) is 12.0 Å². The van der Waals surface area contributed by atoms with Crippen molar-refractivity contribution in [1.82, 2.24) is 0 Å². The van der Waals surface area contributed by atoms with E-state index in [1.807, 2.05) is 0 Å². The molecule has 20 heavy (non-hydrogen) atoms. The molecule has 2 rings (SSSR count). The van der Waals surface area contributed by atoms with Gasteiger partial charge in [-0.1, -0.05) is 30.3 Å². The summed E-state index contributed by atoms with van der Waals surface area (Å²) in [7, 11) is 1.21. The van der Waals surface area contributed by atoms with E-state index in [0.29, 0.717) is 11.1 Å². The summed E-state index contributed by atoms with van der Waals surface area (Å²) < 4.78 is 4.94. The van der Waals surface area contributed by atoms with Crippen LogP contribution in [0.4, 0.5) is 5.69 Å². The van der Waals surface area contributed by atoms with Gasteiger partial charge in [-0.2, -0.15) is 0 Å². The minimum atomic E-state index is -1.27. The molecule has 0 unspecified atom stereocenters. The average Bonchev–Trinajstić information content (AvgIpc) is 2.46. The Kier molecular flexibility index (Phi) is 3.65. The number of hydrogen-bond donors (Lipinski definition) is 1. The van der Waals surface area contributed by atoms with Crippen LogP contribution in [0.3, 0.4) is 0 Å². The second-order valence-electron chi connectivity index (χ2n) is 3.97. The van der Waals surface area contributed by atoms with E-state index in [9.17, 15) is 20.0 Å². The quantitative estimate of drug-likeness (QED) is 0.683. The minimum absolute atomic E-state index is 0.215. The summed E-state index contributed by atoms with van der Waals surface area (Å²) in [6.45, 7) is 0. The number of nitrogens with zero attached hydrogens (tertiary/aromatic N) is 1. The zero-order valence-electron chi connectivity index (χ0n) is 10.6. The maximum Gasteiger partial charge on any atom is 0.340 e. The van der Waals surface area contributed by atoms with Crippen LogP contribution in [0.25, 0.3) is 11.1 Å². The zero-order valence-corrected chi connectivity index (χ0v) is 10.6. The van der Waals surface area contributed by atoms with E-state index >= 15 is 0 Å². The summed E-state index contributed by atoms with van der Waals surface area (Å²) in [6.07, 6.45) is 0. The van der Waals surface area contributed by atoms with Crippen LogP contribution in [0.15, 0.2) is 42.5 Å². The fourth-order valence-electron chi connectivity index (χ4n) is 1.99. The molecule has 2 aromatic carbocycles. The number of aromatic carboxylic acids is 1. The highest BCUT2D eigenvalue weighted by Gasteiger charge is 2.26. The Balaban J connectivity index is 2.77. The molecule has 0 atom stereocenters. The first kappa shape index (κ1) is 13.5. The highest BCUT2D eigenvalue weighted by atomic mass is 16.6. The van der Waals surface area contributed by atoms with Gasteiger partial charge in [0.1, 0.15) is 5.56 Å². The Bertz CT molecular complexity index is 667. The molecule has 0 radical (unpaired) electrons. The molecule has 6 heteroatoms. The van der Waals surface area contributed by atoms with Crippen LogP contribution < -0.4 is 4.74 Å². The third-order valence-electron chi connectivity index (χ3n) is 2.84. The van der Waals surface area contributed by atoms with Gasteiger partial charge in [-0.3, -0.25) is 10.1 Å². The van der Waals surface area contributed by atoms with E-state index in [4.69, 9.17) is 4.74 Å². The van der Waals surface area contributed by atoms with Crippen LogP contribution in [-0.4, -0.2) is 23.1 Å². The zero-order chi connectivity index (χ0) is 14.7. The second-order valence-corrected chi connectivity index (χ2v) is 3.97. The third kappa shape index (κ3) is 2.31. The van der Waals surface area contributed by atoms with Crippen molar-refractivity contribution in [3.05, 3.63) is 58.1 Å². The molecule has 0 spiro atoms. The summed E-state index contributed by atoms with van der Waals surface area (Å²) in [5.41, 5.74) is 0.441. The number of carboxylic acids is 1. The first-order chi connectivity index (χ1) is 9.56. The van der Waals surface area contributed by atoms with E-state index in [2.05, 4.69) is 0 Å². The van der Waals surface area contributed by atoms with E-state index in [0.717, 1.165) is 0 Å². The van der Waals surface area contributed by atoms with Crippen molar-refractivity contribution in [3.63, 3.8) is 0 Å². The Labute approximate surface area is 114 Å². The molecule has 0 saturated carbocycles. The number of hydrogen-bond acceptors (Lipinski definition) is 4. The largest absolute Gasteiger partial charge is 0.490 e. The number of carbonyl (C=O) groups is 1. The molecule has 0 saturated heterocycles. The van der Waals surface area contributed by atoms with Crippen molar-refractivity contribution in [3.8, 4) is 16.9 Å². The van der Waals surface area contributed by atoms with Crippen LogP contribution in [0, 0.1) is 10.1 Å². The Morgan fingerprint density at radius 3 is 2.35 bits per heavy atom. The molecule has 0 aliphatic rings. The molecule has 0 bridgehead atoms. The van der Waals surface area contributed by atoms with Gasteiger partial charge in [-0.05, 0) is 11.6 Å². The highest BCUT2D eigenvalue weighted by molar-refractivity contribution is 6.00. The third-order valence-corrected chi connectivity index (χ3v) is 2.84. The molecule has 0 fully saturated rings. The van der Waals surface area contributed by atoms with E-state index in [1.54, 1.807) is 30.3 Å². The van der Waals surface area contributed by atoms with E-state index < -0.39 is 10.9 Å². The summed E-state index contributed by atoms with van der Waals surface area (Å²) >= 11 is 0. The van der Waals surface area contributed by atoms with Crippen LogP contribution in [0.5, 0.6) is 5.75 Å². The van der Waals surface area contributed by atoms with E-state index in [1.165, 1.54) is 19.2 Å². The maximum absolute atomic E-state index is 11.4. The fraction of sp³-hybridized carbons (Fsp3) is 0.0714. The molecule has 0 aliphatic carbocycles. The van der Waals surface area contributed by atoms with Gasteiger partial charge in [0.25, 0.3) is 0 Å². The number of nitro benzene ring substituents is 1. The van der Waals surface area contributed by atoms with Gasteiger partial charge in [0.2, 0.25) is 5.75 Å². The Morgan fingerprint density at radius 2 is 1.85 bits per heavy atom. The lowest BCUT2D eigenvalue weighted by molar-refractivity contribution is -0.385. The first-order valence-corrected chi connectivity index (χ1v) is 5.70. The monoisotopic (exact) mass is 273 g/mol. The molecular formula is C14H11NO5. The van der Waals surface area contributed by atoms with Gasteiger partial charge in [0, 0.05) is 11.6 Å². The van der Waals surface area contributed by atoms with Crippen molar-refractivity contribution in [2.75, 3.05) is 7.11 Å². The van der Waals surface area contributed by atoms with Gasteiger partial charge >= 0.3 is 11.7 Å². The van der Waals surface area contributed by atoms with Crippen LogP contribution >= 0.6 is 0 Å². The van der Waals surface area contributed by atoms with Gasteiger partial charge in [-0.25, -0.2) is 4.79 Å². The van der Waals surface area contributed by atoms with Crippen molar-refractivity contribution in [1.29, 1.82) is 0 Å². The number of ether oxygens (including phenoxy) is 1. The summed E-state index contributed by atoms with van der Waals surface area (Å²) in [4.78, 5) is 21.7. The van der Waals surface area contributed by atoms with Crippen LogP contribution in [0.1, 0.15) is 10.4 Å². The standard InChI is InChI=1S/C14H11NO5/c1-20-13-11(15(18)19)8-7-10(12(13)14(16)17)9-5-3-2-4-6-9/h2-8H,1H3,(H,16,17). The van der Waals surface area contributed by atoms with Crippen molar-refractivity contribution >= 4 is 11.7 Å². The highest BCUT2D eigenvalue weighted by Crippen LogP contribution is 2.37. The number of rotatable bonds is 4. The van der Waals surface area contributed by atoms with Crippen LogP contribution in [0.2, 0.25) is 0 Å². The van der Waals surface area contributed by atoms with E-state index in [-0.39, 0.29) is 17.0 Å².